The Morgan fingerprint density at radius 1 is 1.03 bits per heavy atom. The lowest BCUT2D eigenvalue weighted by Gasteiger charge is -2.39. The highest BCUT2D eigenvalue weighted by atomic mass is 19.3. The lowest BCUT2D eigenvalue weighted by molar-refractivity contribution is -0.127. The van der Waals surface area contributed by atoms with E-state index in [1.807, 2.05) is 6.07 Å². The van der Waals surface area contributed by atoms with E-state index in [0.717, 1.165) is 32.1 Å². The van der Waals surface area contributed by atoms with Crippen LogP contribution >= 0.6 is 0 Å². The number of hydrogen-bond donors (Lipinski definition) is 1. The number of amides is 2. The van der Waals surface area contributed by atoms with Crippen LogP contribution in [0.25, 0.3) is 0 Å². The van der Waals surface area contributed by atoms with Crippen LogP contribution in [-0.2, 0) is 4.79 Å². The van der Waals surface area contributed by atoms with Gasteiger partial charge in [-0.2, -0.15) is 0 Å². The van der Waals surface area contributed by atoms with Crippen molar-refractivity contribution in [1.29, 1.82) is 0 Å². The second-order valence-electron chi connectivity index (χ2n) is 7.16. The quantitative estimate of drug-likeness (QED) is 0.763. The molecule has 1 N–H and O–H groups in total. The summed E-state index contributed by atoms with van der Waals surface area (Å²) in [4.78, 5) is 32.3. The van der Waals surface area contributed by atoms with Crippen LogP contribution in [0.4, 0.5) is 8.78 Å². The maximum Gasteiger partial charge on any atom is 0.255 e. The van der Waals surface area contributed by atoms with Crippen LogP contribution in [0.3, 0.4) is 0 Å². The largest absolute Gasteiger partial charge is 0.348 e. The molecule has 0 saturated heterocycles. The van der Waals surface area contributed by atoms with E-state index in [1.165, 1.54) is 6.20 Å². The minimum atomic E-state index is -2.67. The Kier molecular flexibility index (Phi) is 7.27. The molecule has 1 fully saturated rings. The summed E-state index contributed by atoms with van der Waals surface area (Å²) in [5, 5.41) is 2.28. The Morgan fingerprint density at radius 3 is 2.34 bits per heavy atom. The molecule has 3 rings (SSSR count). The number of hydrogen-bond acceptors (Lipinski definition) is 3. The summed E-state index contributed by atoms with van der Waals surface area (Å²) in [7, 11) is 0. The Labute approximate surface area is 169 Å². The van der Waals surface area contributed by atoms with Gasteiger partial charge >= 0.3 is 0 Å². The van der Waals surface area contributed by atoms with Crippen LogP contribution in [-0.4, -0.2) is 40.7 Å². The first kappa shape index (κ1) is 20.9. The van der Waals surface area contributed by atoms with E-state index in [-0.39, 0.29) is 11.9 Å². The lowest BCUT2D eigenvalue weighted by Crippen LogP contribution is -2.50. The van der Waals surface area contributed by atoms with Crippen LogP contribution in [0.1, 0.15) is 54.2 Å². The SMILES string of the molecule is O=C(NCC(F)F)C(c1ccccn1)N(C(=O)c1ccccc1)C1CCCCC1. The lowest BCUT2D eigenvalue weighted by atomic mass is 9.91. The van der Waals surface area contributed by atoms with Crippen molar-refractivity contribution in [3.63, 3.8) is 0 Å². The fraction of sp³-hybridized carbons (Fsp3) is 0.409. The summed E-state index contributed by atoms with van der Waals surface area (Å²) in [5.41, 5.74) is 0.829. The first-order chi connectivity index (χ1) is 14.1. The summed E-state index contributed by atoms with van der Waals surface area (Å²) >= 11 is 0. The van der Waals surface area contributed by atoms with Gasteiger partial charge in [0.2, 0.25) is 5.91 Å². The molecule has 2 amide bonds. The molecular weight excluding hydrogens is 376 g/mol. The van der Waals surface area contributed by atoms with Gasteiger partial charge in [0.25, 0.3) is 12.3 Å². The van der Waals surface area contributed by atoms with Crippen molar-refractivity contribution in [2.75, 3.05) is 6.54 Å². The number of nitrogens with one attached hydrogen (secondary N) is 1. The number of nitrogens with zero attached hydrogens (tertiary/aromatic N) is 2. The van der Waals surface area contributed by atoms with Crippen molar-refractivity contribution in [2.24, 2.45) is 0 Å². The van der Waals surface area contributed by atoms with Crippen molar-refractivity contribution in [3.05, 3.63) is 66.0 Å². The number of carbonyl (C=O) groups is 2. The zero-order valence-electron chi connectivity index (χ0n) is 16.1. The van der Waals surface area contributed by atoms with Crippen molar-refractivity contribution >= 4 is 11.8 Å². The Bertz CT molecular complexity index is 796. The van der Waals surface area contributed by atoms with Crippen molar-refractivity contribution in [1.82, 2.24) is 15.2 Å². The monoisotopic (exact) mass is 401 g/mol. The van der Waals surface area contributed by atoms with Crippen LogP contribution in [0.2, 0.25) is 0 Å². The van der Waals surface area contributed by atoms with Crippen LogP contribution in [0, 0.1) is 0 Å². The van der Waals surface area contributed by atoms with E-state index >= 15 is 0 Å². The van der Waals surface area contributed by atoms with Gasteiger partial charge in [0.05, 0.1) is 12.2 Å². The maximum atomic E-state index is 13.5. The van der Waals surface area contributed by atoms with E-state index in [4.69, 9.17) is 0 Å². The summed E-state index contributed by atoms with van der Waals surface area (Å²) in [6.45, 7) is -0.764. The number of alkyl halides is 2. The van der Waals surface area contributed by atoms with Gasteiger partial charge in [-0.05, 0) is 37.1 Å². The number of rotatable bonds is 7. The minimum Gasteiger partial charge on any atom is -0.348 e. The van der Waals surface area contributed by atoms with Gasteiger partial charge in [-0.15, -0.1) is 0 Å². The number of carbonyl (C=O) groups excluding carboxylic acids is 2. The molecule has 154 valence electrons. The molecule has 0 spiro atoms. The van der Waals surface area contributed by atoms with Crippen molar-refractivity contribution in [2.45, 2.75) is 50.6 Å². The standard InChI is InChI=1S/C22H25F2N3O2/c23-19(24)15-26-21(28)20(18-13-7-8-14-25-18)27(17-11-5-2-6-12-17)22(29)16-9-3-1-4-10-16/h1,3-4,7-10,13-14,17,19-20H,2,5-6,11-12,15H2,(H,26,28). The molecule has 0 bridgehead atoms. The van der Waals surface area contributed by atoms with Crippen molar-refractivity contribution < 1.29 is 18.4 Å². The molecule has 1 aliphatic rings. The molecule has 1 aliphatic carbocycles. The predicted octanol–water partition coefficient (Wildman–Crippen LogP) is 3.98. The molecule has 1 aromatic heterocycles. The Morgan fingerprint density at radius 2 is 1.72 bits per heavy atom. The van der Waals surface area contributed by atoms with Gasteiger partial charge in [-0.3, -0.25) is 14.6 Å². The fourth-order valence-electron chi connectivity index (χ4n) is 3.80. The molecule has 1 saturated carbocycles. The summed E-state index contributed by atoms with van der Waals surface area (Å²) < 4.78 is 25.5. The highest BCUT2D eigenvalue weighted by Crippen LogP contribution is 2.31. The molecule has 1 heterocycles. The first-order valence-corrected chi connectivity index (χ1v) is 9.92. The van der Waals surface area contributed by atoms with Crippen LogP contribution in [0.5, 0.6) is 0 Å². The molecule has 1 atom stereocenters. The average Bonchev–Trinajstić information content (AvgIpc) is 2.77. The first-order valence-electron chi connectivity index (χ1n) is 9.92. The zero-order chi connectivity index (χ0) is 20.6. The molecule has 1 aromatic carbocycles. The van der Waals surface area contributed by atoms with Gasteiger partial charge in [-0.1, -0.05) is 43.5 Å². The van der Waals surface area contributed by atoms with Gasteiger partial charge < -0.3 is 10.2 Å². The Hall–Kier alpha value is -2.83. The number of aromatic nitrogens is 1. The summed E-state index contributed by atoms with van der Waals surface area (Å²) in [6, 6.07) is 12.6. The van der Waals surface area contributed by atoms with E-state index in [1.54, 1.807) is 47.4 Å². The maximum absolute atomic E-state index is 13.5. The smallest absolute Gasteiger partial charge is 0.255 e. The summed E-state index contributed by atoms with van der Waals surface area (Å²) in [6.07, 6.45) is 3.39. The van der Waals surface area contributed by atoms with E-state index < -0.39 is 24.9 Å². The van der Waals surface area contributed by atoms with E-state index in [9.17, 15) is 18.4 Å². The molecule has 7 heteroatoms. The molecule has 5 nitrogen and oxygen atoms in total. The van der Waals surface area contributed by atoms with Crippen molar-refractivity contribution in [3.8, 4) is 0 Å². The zero-order valence-corrected chi connectivity index (χ0v) is 16.1. The van der Waals surface area contributed by atoms with E-state index in [0.29, 0.717) is 11.3 Å². The topological polar surface area (TPSA) is 62.3 Å². The molecule has 0 aliphatic heterocycles. The number of halogens is 2. The van der Waals surface area contributed by atoms with Crippen LogP contribution < -0.4 is 5.32 Å². The minimum absolute atomic E-state index is 0.152. The third-order valence-electron chi connectivity index (χ3n) is 5.15. The predicted molar refractivity (Wildman–Crippen MR) is 105 cm³/mol. The second kappa shape index (κ2) is 10.1. The third-order valence-corrected chi connectivity index (χ3v) is 5.15. The van der Waals surface area contributed by atoms with Gasteiger partial charge in [-0.25, -0.2) is 8.78 Å². The van der Waals surface area contributed by atoms with Gasteiger partial charge in [0.1, 0.15) is 0 Å². The highest BCUT2D eigenvalue weighted by Gasteiger charge is 2.38. The summed E-state index contributed by atoms with van der Waals surface area (Å²) in [5.74, 6) is -0.931. The molecule has 2 aromatic rings. The number of pyridine rings is 1. The van der Waals surface area contributed by atoms with Gasteiger partial charge in [0, 0.05) is 17.8 Å². The molecule has 1 unspecified atom stereocenters. The highest BCUT2D eigenvalue weighted by molar-refractivity contribution is 5.98. The number of benzene rings is 1. The normalized spacial score (nSPS) is 15.7. The van der Waals surface area contributed by atoms with Gasteiger partial charge in [0.15, 0.2) is 6.04 Å². The Balaban J connectivity index is 2.01. The molecule has 0 radical (unpaired) electrons. The third kappa shape index (κ3) is 5.37. The van der Waals surface area contributed by atoms with E-state index in [2.05, 4.69) is 10.3 Å². The second-order valence-corrected chi connectivity index (χ2v) is 7.16. The fourth-order valence-corrected chi connectivity index (χ4v) is 3.80. The van der Waals surface area contributed by atoms with Crippen LogP contribution in [0.15, 0.2) is 54.7 Å². The molecule has 29 heavy (non-hydrogen) atoms. The molecular formula is C22H25F2N3O2. The average molecular weight is 401 g/mol.